The second kappa shape index (κ2) is 8.65. The van der Waals surface area contributed by atoms with E-state index in [9.17, 15) is 4.79 Å². The first-order valence-corrected chi connectivity index (χ1v) is 9.57. The number of carbonyl (C=O) groups is 1. The van der Waals surface area contributed by atoms with Gasteiger partial charge in [-0.15, -0.1) is 0 Å². The van der Waals surface area contributed by atoms with Crippen molar-refractivity contribution in [3.05, 3.63) is 83.8 Å². The molecule has 2 heterocycles. The van der Waals surface area contributed by atoms with Crippen LogP contribution in [0.2, 0.25) is 0 Å². The topological polar surface area (TPSA) is 60.7 Å². The first-order valence-electron chi connectivity index (χ1n) is 9.57. The van der Waals surface area contributed by atoms with Crippen molar-refractivity contribution in [2.45, 2.75) is 25.3 Å². The Balaban J connectivity index is 1.56. The standard InChI is InChI=1S/C23H23NO4/c25-23(21-8-4-13-27-21)24-19(11-9-17-6-2-1-3-7-17)18-10-12-20-22(16-18)28-15-5-14-26-20/h1-4,6-8,10,12-13,16,19H,5,9,11,14-15H2,(H,24,25). The molecule has 144 valence electrons. The van der Waals surface area contributed by atoms with Gasteiger partial charge in [0.05, 0.1) is 25.5 Å². The maximum absolute atomic E-state index is 12.6. The van der Waals surface area contributed by atoms with Crippen LogP contribution in [0.15, 0.2) is 71.3 Å². The molecule has 0 bridgehead atoms. The number of nitrogens with one attached hydrogen (secondary N) is 1. The molecule has 0 radical (unpaired) electrons. The van der Waals surface area contributed by atoms with E-state index in [-0.39, 0.29) is 11.9 Å². The molecule has 1 aliphatic heterocycles. The Morgan fingerprint density at radius 3 is 2.57 bits per heavy atom. The van der Waals surface area contributed by atoms with Gasteiger partial charge in [0.2, 0.25) is 0 Å². The molecular formula is C23H23NO4. The van der Waals surface area contributed by atoms with Gasteiger partial charge in [0.1, 0.15) is 0 Å². The van der Waals surface area contributed by atoms with Crippen LogP contribution in [0.25, 0.3) is 0 Å². The summed E-state index contributed by atoms with van der Waals surface area (Å²) in [5.74, 6) is 1.56. The molecule has 1 atom stereocenters. The van der Waals surface area contributed by atoms with Crippen LogP contribution in [0, 0.1) is 0 Å². The van der Waals surface area contributed by atoms with Crippen LogP contribution in [0.5, 0.6) is 11.5 Å². The van der Waals surface area contributed by atoms with E-state index in [1.54, 1.807) is 12.1 Å². The van der Waals surface area contributed by atoms with Crippen LogP contribution < -0.4 is 14.8 Å². The number of hydrogen-bond acceptors (Lipinski definition) is 4. The van der Waals surface area contributed by atoms with Crippen LogP contribution in [-0.4, -0.2) is 19.1 Å². The van der Waals surface area contributed by atoms with Crippen molar-refractivity contribution in [1.82, 2.24) is 5.32 Å². The predicted molar refractivity (Wildman–Crippen MR) is 106 cm³/mol. The summed E-state index contributed by atoms with van der Waals surface area (Å²) in [6.45, 7) is 1.28. The maximum Gasteiger partial charge on any atom is 0.287 e. The van der Waals surface area contributed by atoms with Crippen molar-refractivity contribution in [3.8, 4) is 11.5 Å². The van der Waals surface area contributed by atoms with Gasteiger partial charge in [-0.05, 0) is 48.2 Å². The Labute approximate surface area is 164 Å². The van der Waals surface area contributed by atoms with E-state index in [4.69, 9.17) is 13.9 Å². The minimum atomic E-state index is -0.227. The summed E-state index contributed by atoms with van der Waals surface area (Å²) in [6.07, 6.45) is 3.96. The molecule has 1 N–H and O–H groups in total. The molecule has 1 amide bonds. The lowest BCUT2D eigenvalue weighted by atomic mass is 9.98. The largest absolute Gasteiger partial charge is 0.490 e. The first kappa shape index (κ1) is 18.2. The van der Waals surface area contributed by atoms with Crippen LogP contribution in [0.1, 0.15) is 40.6 Å². The number of fused-ring (bicyclic) bond motifs is 1. The molecule has 5 nitrogen and oxygen atoms in total. The Hall–Kier alpha value is -3.21. The summed E-state index contributed by atoms with van der Waals surface area (Å²) in [5, 5.41) is 3.10. The highest BCUT2D eigenvalue weighted by molar-refractivity contribution is 5.91. The summed E-state index contributed by atoms with van der Waals surface area (Å²) in [6, 6.07) is 19.3. The molecule has 2 aromatic carbocycles. The smallest absolute Gasteiger partial charge is 0.287 e. The van der Waals surface area contributed by atoms with Crippen LogP contribution in [0.4, 0.5) is 0 Å². The number of amides is 1. The second-order valence-corrected chi connectivity index (χ2v) is 6.78. The molecule has 0 saturated carbocycles. The summed E-state index contributed by atoms with van der Waals surface area (Å²) >= 11 is 0. The molecule has 1 unspecified atom stereocenters. The lowest BCUT2D eigenvalue weighted by Gasteiger charge is -2.20. The number of carbonyl (C=O) groups excluding carboxylic acids is 1. The third kappa shape index (κ3) is 4.36. The lowest BCUT2D eigenvalue weighted by molar-refractivity contribution is 0.0906. The normalized spacial score (nSPS) is 14.1. The van der Waals surface area contributed by atoms with Crippen molar-refractivity contribution in [2.75, 3.05) is 13.2 Å². The minimum absolute atomic E-state index is 0.171. The fourth-order valence-electron chi connectivity index (χ4n) is 3.31. The zero-order valence-corrected chi connectivity index (χ0v) is 15.6. The molecular weight excluding hydrogens is 354 g/mol. The summed E-state index contributed by atoms with van der Waals surface area (Å²) in [7, 11) is 0. The van der Waals surface area contributed by atoms with E-state index in [1.165, 1.54) is 11.8 Å². The quantitative estimate of drug-likeness (QED) is 0.685. The summed E-state index contributed by atoms with van der Waals surface area (Å²) in [4.78, 5) is 12.6. The third-order valence-electron chi connectivity index (χ3n) is 4.79. The molecule has 28 heavy (non-hydrogen) atoms. The molecule has 3 aromatic rings. The van der Waals surface area contributed by atoms with Gasteiger partial charge < -0.3 is 19.2 Å². The molecule has 4 rings (SSSR count). The van der Waals surface area contributed by atoms with Gasteiger partial charge in [0, 0.05) is 6.42 Å². The third-order valence-corrected chi connectivity index (χ3v) is 4.79. The minimum Gasteiger partial charge on any atom is -0.490 e. The number of benzene rings is 2. The molecule has 0 fully saturated rings. The average molecular weight is 377 g/mol. The second-order valence-electron chi connectivity index (χ2n) is 6.78. The van der Waals surface area contributed by atoms with E-state index in [1.807, 2.05) is 36.4 Å². The Kier molecular flexibility index (Phi) is 5.61. The summed E-state index contributed by atoms with van der Waals surface area (Å²) in [5.41, 5.74) is 2.22. The summed E-state index contributed by atoms with van der Waals surface area (Å²) < 4.78 is 16.8. The highest BCUT2D eigenvalue weighted by Gasteiger charge is 2.20. The van der Waals surface area contributed by atoms with Crippen LogP contribution >= 0.6 is 0 Å². The van der Waals surface area contributed by atoms with Gasteiger partial charge in [-0.1, -0.05) is 36.4 Å². The van der Waals surface area contributed by atoms with Crippen molar-refractivity contribution in [3.63, 3.8) is 0 Å². The number of ether oxygens (including phenoxy) is 2. The number of furan rings is 1. The van der Waals surface area contributed by atoms with E-state index in [0.717, 1.165) is 36.3 Å². The van der Waals surface area contributed by atoms with Gasteiger partial charge in [0.25, 0.3) is 5.91 Å². The first-order chi connectivity index (χ1) is 13.8. The predicted octanol–water partition coefficient (Wildman–Crippen LogP) is 4.54. The fourth-order valence-corrected chi connectivity index (χ4v) is 3.31. The maximum atomic E-state index is 12.6. The van der Waals surface area contributed by atoms with E-state index in [2.05, 4.69) is 17.4 Å². The van der Waals surface area contributed by atoms with E-state index < -0.39 is 0 Å². The molecule has 1 aromatic heterocycles. The lowest BCUT2D eigenvalue weighted by Crippen LogP contribution is -2.28. The molecule has 5 heteroatoms. The Bertz CT molecular complexity index is 906. The zero-order valence-electron chi connectivity index (χ0n) is 15.6. The van der Waals surface area contributed by atoms with Crippen molar-refractivity contribution in [2.24, 2.45) is 0 Å². The monoisotopic (exact) mass is 377 g/mol. The van der Waals surface area contributed by atoms with Crippen molar-refractivity contribution >= 4 is 5.91 Å². The molecule has 0 spiro atoms. The average Bonchev–Trinajstić information content (AvgIpc) is 3.17. The van der Waals surface area contributed by atoms with Gasteiger partial charge in [-0.25, -0.2) is 0 Å². The Morgan fingerprint density at radius 2 is 1.79 bits per heavy atom. The van der Waals surface area contributed by atoms with E-state index >= 15 is 0 Å². The number of aryl methyl sites for hydroxylation is 1. The van der Waals surface area contributed by atoms with Gasteiger partial charge in [0.15, 0.2) is 17.3 Å². The fraction of sp³-hybridized carbons (Fsp3) is 0.261. The highest BCUT2D eigenvalue weighted by atomic mass is 16.5. The number of rotatable bonds is 6. The van der Waals surface area contributed by atoms with Crippen LogP contribution in [0.3, 0.4) is 0 Å². The number of hydrogen-bond donors (Lipinski definition) is 1. The molecule has 0 saturated heterocycles. The Morgan fingerprint density at radius 1 is 0.964 bits per heavy atom. The van der Waals surface area contributed by atoms with Crippen LogP contribution in [-0.2, 0) is 6.42 Å². The van der Waals surface area contributed by atoms with Gasteiger partial charge in [-0.2, -0.15) is 0 Å². The SMILES string of the molecule is O=C(NC(CCc1ccccc1)c1ccc2c(c1)OCCCO2)c1ccco1. The highest BCUT2D eigenvalue weighted by Crippen LogP contribution is 2.33. The van der Waals surface area contributed by atoms with E-state index in [0.29, 0.717) is 19.0 Å². The zero-order chi connectivity index (χ0) is 19.2. The van der Waals surface area contributed by atoms with Crippen molar-refractivity contribution < 1.29 is 18.7 Å². The van der Waals surface area contributed by atoms with Crippen molar-refractivity contribution in [1.29, 1.82) is 0 Å². The molecule has 1 aliphatic rings. The van der Waals surface area contributed by atoms with Gasteiger partial charge in [-0.3, -0.25) is 4.79 Å². The van der Waals surface area contributed by atoms with Gasteiger partial charge >= 0.3 is 0 Å². The molecule has 0 aliphatic carbocycles.